The van der Waals surface area contributed by atoms with Gasteiger partial charge in [0.15, 0.2) is 0 Å². The molecule has 0 amide bonds. The normalized spacial score (nSPS) is 15.6. The lowest BCUT2D eigenvalue weighted by Crippen LogP contribution is -2.25. The molecule has 94 valence electrons. The number of aromatic amines is 1. The van der Waals surface area contributed by atoms with Gasteiger partial charge in [0.2, 0.25) is 6.43 Å². The molecule has 0 unspecified atom stereocenters. The molecule has 0 radical (unpaired) electrons. The number of rotatable bonds is 4. The second-order valence-corrected chi connectivity index (χ2v) is 3.82. The van der Waals surface area contributed by atoms with E-state index in [2.05, 4.69) is 4.98 Å². The van der Waals surface area contributed by atoms with Crippen LogP contribution in [0, 0.1) is 0 Å². The highest BCUT2D eigenvalue weighted by atomic mass is 19.3. The molecule has 1 N–H and O–H groups in total. The average molecular weight is 243 g/mol. The first-order chi connectivity index (χ1) is 8.04. The highest BCUT2D eigenvalue weighted by Gasteiger charge is 2.04. The molecule has 0 aliphatic carbocycles. The number of aromatic nitrogens is 1. The Morgan fingerprint density at radius 1 is 1.47 bits per heavy atom. The van der Waals surface area contributed by atoms with Crippen molar-refractivity contribution < 1.29 is 13.2 Å². The first-order valence-corrected chi connectivity index (χ1v) is 5.53. The van der Waals surface area contributed by atoms with Crippen LogP contribution in [0.25, 0.3) is 11.6 Å². The zero-order chi connectivity index (χ0) is 12.8. The molecule has 0 spiro atoms. The van der Waals surface area contributed by atoms with Gasteiger partial charge in [0.05, 0.1) is 0 Å². The highest BCUT2D eigenvalue weighted by molar-refractivity contribution is 5.47. The lowest BCUT2D eigenvalue weighted by atomic mass is 10.1. The van der Waals surface area contributed by atoms with Crippen LogP contribution >= 0.6 is 0 Å². The van der Waals surface area contributed by atoms with Crippen molar-refractivity contribution in [2.24, 2.45) is 0 Å². The van der Waals surface area contributed by atoms with Crippen molar-refractivity contribution >= 4 is 11.6 Å². The van der Waals surface area contributed by atoms with Crippen molar-refractivity contribution in [3.05, 3.63) is 34.7 Å². The Morgan fingerprint density at radius 3 is 2.76 bits per heavy atom. The largest absolute Gasteiger partial charge is 0.361 e. The summed E-state index contributed by atoms with van der Waals surface area (Å²) >= 11 is 0. The van der Waals surface area contributed by atoms with E-state index in [1.807, 2.05) is 6.92 Å². The first-order valence-electron chi connectivity index (χ1n) is 5.53. The summed E-state index contributed by atoms with van der Waals surface area (Å²) in [6.07, 6.45) is 2.31. The van der Waals surface area contributed by atoms with E-state index in [-0.39, 0.29) is 12.2 Å². The fraction of sp³-hybridized carbons (Fsp3) is 0.385. The van der Waals surface area contributed by atoms with E-state index in [0.717, 1.165) is 0 Å². The summed E-state index contributed by atoms with van der Waals surface area (Å²) in [7, 11) is 0. The lowest BCUT2D eigenvalue weighted by molar-refractivity contribution is 0.154. The van der Waals surface area contributed by atoms with Gasteiger partial charge < -0.3 is 4.98 Å². The molecular weight excluding hydrogens is 227 g/mol. The third-order valence-electron chi connectivity index (χ3n) is 2.38. The van der Waals surface area contributed by atoms with Gasteiger partial charge in [-0.1, -0.05) is 12.5 Å². The summed E-state index contributed by atoms with van der Waals surface area (Å²) in [6, 6.07) is 1.68. The predicted octanol–water partition coefficient (Wildman–Crippen LogP) is 2.88. The van der Waals surface area contributed by atoms with E-state index in [1.165, 1.54) is 12.2 Å². The Bertz CT molecular complexity index is 497. The smallest absolute Gasteiger partial charge is 0.242 e. The average Bonchev–Trinajstić information content (AvgIpc) is 2.65. The van der Waals surface area contributed by atoms with Gasteiger partial charge in [-0.3, -0.25) is 0 Å². The minimum absolute atomic E-state index is 0.294. The SMILES string of the molecule is CC/C=C(F)/C=c1/[nH]cc/c1=C(/C)CC(F)F. The summed E-state index contributed by atoms with van der Waals surface area (Å²) in [6.45, 7) is 3.46. The van der Waals surface area contributed by atoms with E-state index in [4.69, 9.17) is 0 Å². The van der Waals surface area contributed by atoms with Crippen molar-refractivity contribution in [2.75, 3.05) is 0 Å². The zero-order valence-electron chi connectivity index (χ0n) is 9.93. The number of allylic oxidation sites excluding steroid dienone is 2. The fourth-order valence-corrected chi connectivity index (χ4v) is 1.61. The van der Waals surface area contributed by atoms with Crippen molar-refractivity contribution in [3.63, 3.8) is 0 Å². The van der Waals surface area contributed by atoms with Crippen molar-refractivity contribution in [3.8, 4) is 0 Å². The monoisotopic (exact) mass is 243 g/mol. The van der Waals surface area contributed by atoms with Gasteiger partial charge in [0, 0.05) is 18.0 Å². The molecule has 0 saturated carbocycles. The van der Waals surface area contributed by atoms with Gasteiger partial charge >= 0.3 is 0 Å². The second kappa shape index (κ2) is 6.33. The van der Waals surface area contributed by atoms with Crippen molar-refractivity contribution in [2.45, 2.75) is 33.1 Å². The summed E-state index contributed by atoms with van der Waals surface area (Å²) in [4.78, 5) is 2.85. The highest BCUT2D eigenvalue weighted by Crippen LogP contribution is 2.07. The fourth-order valence-electron chi connectivity index (χ4n) is 1.61. The molecule has 4 heteroatoms. The molecule has 0 aliphatic rings. The quantitative estimate of drug-likeness (QED) is 0.837. The molecule has 0 saturated heterocycles. The van der Waals surface area contributed by atoms with Crippen molar-refractivity contribution in [1.82, 2.24) is 4.98 Å². The Hall–Kier alpha value is -1.45. The molecule has 0 aromatic carbocycles. The summed E-state index contributed by atoms with van der Waals surface area (Å²) in [5.41, 5.74) is 0.553. The summed E-state index contributed by atoms with van der Waals surface area (Å²) in [5, 5.41) is 1.18. The third-order valence-corrected chi connectivity index (χ3v) is 2.38. The van der Waals surface area contributed by atoms with E-state index in [1.54, 1.807) is 19.2 Å². The minimum Gasteiger partial charge on any atom is -0.361 e. The van der Waals surface area contributed by atoms with Gasteiger partial charge in [0.1, 0.15) is 5.83 Å². The number of nitrogens with one attached hydrogen (secondary N) is 1. The van der Waals surface area contributed by atoms with Gasteiger partial charge in [-0.25, -0.2) is 13.2 Å². The van der Waals surface area contributed by atoms with Crippen LogP contribution in [0.2, 0.25) is 0 Å². The Morgan fingerprint density at radius 2 is 2.18 bits per heavy atom. The zero-order valence-corrected chi connectivity index (χ0v) is 9.93. The molecule has 1 rings (SSSR count). The molecule has 1 aromatic rings. The Kier molecular flexibility index (Phi) is 5.07. The van der Waals surface area contributed by atoms with Gasteiger partial charge in [-0.2, -0.15) is 0 Å². The number of hydrogen-bond donors (Lipinski definition) is 1. The molecule has 1 heterocycles. The molecule has 17 heavy (non-hydrogen) atoms. The maximum Gasteiger partial charge on any atom is 0.242 e. The van der Waals surface area contributed by atoms with Gasteiger partial charge in [-0.05, 0) is 36.8 Å². The first kappa shape index (κ1) is 13.6. The molecule has 0 bridgehead atoms. The van der Waals surface area contributed by atoms with Crippen LogP contribution in [0.5, 0.6) is 0 Å². The molecule has 1 aromatic heterocycles. The topological polar surface area (TPSA) is 15.8 Å². The second-order valence-electron chi connectivity index (χ2n) is 3.82. The maximum atomic E-state index is 13.3. The van der Waals surface area contributed by atoms with Crippen LogP contribution < -0.4 is 10.6 Å². The number of hydrogen-bond acceptors (Lipinski definition) is 0. The molecule has 0 fully saturated rings. The van der Waals surface area contributed by atoms with Crippen LogP contribution in [0.1, 0.15) is 26.7 Å². The van der Waals surface area contributed by atoms with Gasteiger partial charge in [0.25, 0.3) is 0 Å². The van der Waals surface area contributed by atoms with Gasteiger partial charge in [-0.15, -0.1) is 0 Å². The van der Waals surface area contributed by atoms with Crippen LogP contribution in [-0.2, 0) is 0 Å². The summed E-state index contributed by atoms with van der Waals surface area (Å²) in [5.74, 6) is -0.360. The maximum absolute atomic E-state index is 13.3. The summed E-state index contributed by atoms with van der Waals surface area (Å²) < 4.78 is 37.8. The number of alkyl halides is 2. The number of H-pyrrole nitrogens is 1. The van der Waals surface area contributed by atoms with Crippen LogP contribution in [0.15, 0.2) is 24.2 Å². The van der Waals surface area contributed by atoms with E-state index < -0.39 is 6.43 Å². The standard InChI is InChI=1S/C13H16F3N/c1-3-4-10(14)8-12-11(5-6-17-12)9(2)7-13(15)16/h4-6,8,13,17H,3,7H2,1-2H3/b10-4-,11-9+,12-8+. The van der Waals surface area contributed by atoms with Crippen molar-refractivity contribution in [1.29, 1.82) is 0 Å². The lowest BCUT2D eigenvalue weighted by Gasteiger charge is -1.97. The molecule has 1 nitrogen and oxygen atoms in total. The Labute approximate surface area is 98.4 Å². The molecule has 0 atom stereocenters. The molecule has 0 aliphatic heterocycles. The number of halogens is 3. The predicted molar refractivity (Wildman–Crippen MR) is 63.7 cm³/mol. The molecular formula is C13H16F3N. The van der Waals surface area contributed by atoms with E-state index in [9.17, 15) is 13.2 Å². The van der Waals surface area contributed by atoms with Crippen LogP contribution in [0.3, 0.4) is 0 Å². The van der Waals surface area contributed by atoms with Crippen LogP contribution in [0.4, 0.5) is 13.2 Å². The minimum atomic E-state index is -2.38. The van der Waals surface area contributed by atoms with E-state index >= 15 is 0 Å². The van der Waals surface area contributed by atoms with E-state index in [0.29, 0.717) is 22.6 Å². The third kappa shape index (κ3) is 4.13. The Balaban J connectivity index is 3.21. The van der Waals surface area contributed by atoms with Crippen LogP contribution in [-0.4, -0.2) is 11.4 Å².